The van der Waals surface area contributed by atoms with Gasteiger partial charge < -0.3 is 15.3 Å². The summed E-state index contributed by atoms with van der Waals surface area (Å²) in [6, 6.07) is 8.32. The smallest absolute Gasteiger partial charge is 0.253 e. The van der Waals surface area contributed by atoms with Gasteiger partial charge in [0, 0.05) is 37.0 Å². The monoisotopic (exact) mass is 332 g/mol. The van der Waals surface area contributed by atoms with Gasteiger partial charge >= 0.3 is 0 Å². The largest absolute Gasteiger partial charge is 0.396 e. The lowest BCUT2D eigenvalue weighted by atomic mass is 9.98. The number of amides is 1. The van der Waals surface area contributed by atoms with Gasteiger partial charge in [-0.2, -0.15) is 0 Å². The Bertz CT molecular complexity index is 518. The predicted octanol–water partition coefficient (Wildman–Crippen LogP) is 3.91. The molecule has 1 saturated heterocycles. The Kier molecular flexibility index (Phi) is 7.57. The lowest BCUT2D eigenvalue weighted by Gasteiger charge is -2.32. The van der Waals surface area contributed by atoms with Gasteiger partial charge in [-0.05, 0) is 49.8 Å². The number of benzene rings is 1. The lowest BCUT2D eigenvalue weighted by Crippen LogP contribution is -2.40. The van der Waals surface area contributed by atoms with Gasteiger partial charge in [0.25, 0.3) is 5.91 Å². The summed E-state index contributed by atoms with van der Waals surface area (Å²) in [6.07, 6.45) is 6.66. The van der Waals surface area contributed by atoms with E-state index in [-0.39, 0.29) is 18.4 Å². The molecule has 0 spiro atoms. The zero-order chi connectivity index (χ0) is 17.4. The maximum atomic E-state index is 12.8. The standard InChI is InChI=1S/C20H32N2O2/c1-3-5-10-18(4-2)21-19-11-6-9-17(13-19)20(24)22-12-7-8-16(14-22)15-23/h6,9,11,13,16,18,21,23H,3-5,7-8,10,12,14-15H2,1-2H3. The van der Waals surface area contributed by atoms with Crippen molar-refractivity contribution in [3.05, 3.63) is 29.8 Å². The van der Waals surface area contributed by atoms with Crippen molar-refractivity contribution < 1.29 is 9.90 Å². The molecule has 134 valence electrons. The van der Waals surface area contributed by atoms with Crippen LogP contribution in [0.5, 0.6) is 0 Å². The van der Waals surface area contributed by atoms with Crippen LogP contribution in [0.15, 0.2) is 24.3 Å². The molecule has 0 aliphatic carbocycles. The van der Waals surface area contributed by atoms with Gasteiger partial charge in [0.05, 0.1) is 0 Å². The highest BCUT2D eigenvalue weighted by atomic mass is 16.3. The van der Waals surface area contributed by atoms with E-state index >= 15 is 0 Å². The van der Waals surface area contributed by atoms with Gasteiger partial charge in [-0.15, -0.1) is 0 Å². The van der Waals surface area contributed by atoms with Gasteiger partial charge in [-0.3, -0.25) is 4.79 Å². The minimum absolute atomic E-state index is 0.0819. The first kappa shape index (κ1) is 18.8. The maximum Gasteiger partial charge on any atom is 0.253 e. The summed E-state index contributed by atoms with van der Waals surface area (Å²) in [5.41, 5.74) is 1.77. The lowest BCUT2D eigenvalue weighted by molar-refractivity contribution is 0.0621. The number of carbonyl (C=O) groups is 1. The summed E-state index contributed by atoms with van der Waals surface area (Å²) in [5.74, 6) is 0.306. The van der Waals surface area contributed by atoms with Crippen molar-refractivity contribution >= 4 is 11.6 Å². The van der Waals surface area contributed by atoms with E-state index < -0.39 is 0 Å². The number of unbranched alkanes of at least 4 members (excludes halogenated alkanes) is 1. The molecule has 2 unspecified atom stereocenters. The van der Waals surface area contributed by atoms with Crippen LogP contribution >= 0.6 is 0 Å². The zero-order valence-electron chi connectivity index (χ0n) is 15.1. The molecule has 0 radical (unpaired) electrons. The number of aliphatic hydroxyl groups is 1. The van der Waals surface area contributed by atoms with Gasteiger partial charge in [0.2, 0.25) is 0 Å². The molecule has 0 saturated carbocycles. The van der Waals surface area contributed by atoms with Crippen molar-refractivity contribution in [2.24, 2.45) is 5.92 Å². The Morgan fingerprint density at radius 2 is 2.25 bits per heavy atom. The number of likely N-dealkylation sites (tertiary alicyclic amines) is 1. The third-order valence-electron chi connectivity index (χ3n) is 4.94. The molecule has 1 aromatic carbocycles. The minimum Gasteiger partial charge on any atom is -0.396 e. The average molecular weight is 332 g/mol. The Balaban J connectivity index is 2.02. The molecule has 1 aliphatic rings. The number of aliphatic hydroxyl groups excluding tert-OH is 1. The molecule has 2 atom stereocenters. The summed E-state index contributed by atoms with van der Waals surface area (Å²) in [5, 5.41) is 12.9. The Labute approximate surface area is 146 Å². The third kappa shape index (κ3) is 5.23. The van der Waals surface area contributed by atoms with E-state index in [1.807, 2.05) is 29.2 Å². The summed E-state index contributed by atoms with van der Waals surface area (Å²) in [4.78, 5) is 14.6. The molecule has 4 heteroatoms. The molecule has 1 aromatic rings. The number of rotatable bonds is 8. The van der Waals surface area contributed by atoms with E-state index in [2.05, 4.69) is 19.2 Å². The van der Waals surface area contributed by atoms with E-state index in [1.54, 1.807) is 0 Å². The molecule has 0 aromatic heterocycles. The molecule has 2 rings (SSSR count). The fraction of sp³-hybridized carbons (Fsp3) is 0.650. The third-order valence-corrected chi connectivity index (χ3v) is 4.94. The van der Waals surface area contributed by atoms with E-state index in [0.29, 0.717) is 12.6 Å². The summed E-state index contributed by atoms with van der Waals surface area (Å²) >= 11 is 0. The van der Waals surface area contributed by atoms with Crippen LogP contribution in [-0.4, -0.2) is 41.7 Å². The Hall–Kier alpha value is -1.55. The fourth-order valence-electron chi connectivity index (χ4n) is 3.39. The molecule has 1 heterocycles. The zero-order valence-corrected chi connectivity index (χ0v) is 15.1. The van der Waals surface area contributed by atoms with Crippen LogP contribution < -0.4 is 5.32 Å². The van der Waals surface area contributed by atoms with Gasteiger partial charge in [0.15, 0.2) is 0 Å². The molecular formula is C20H32N2O2. The maximum absolute atomic E-state index is 12.8. The first-order valence-electron chi connectivity index (χ1n) is 9.44. The highest BCUT2D eigenvalue weighted by molar-refractivity contribution is 5.95. The second-order valence-electron chi connectivity index (χ2n) is 6.91. The molecule has 2 N–H and O–H groups in total. The van der Waals surface area contributed by atoms with Crippen LogP contribution in [0.25, 0.3) is 0 Å². The van der Waals surface area contributed by atoms with Crippen molar-refractivity contribution in [1.29, 1.82) is 0 Å². The SMILES string of the molecule is CCCCC(CC)Nc1cccc(C(=O)N2CCCC(CO)C2)c1. The molecule has 1 amide bonds. The van der Waals surface area contributed by atoms with Crippen LogP contribution in [0, 0.1) is 5.92 Å². The van der Waals surface area contributed by atoms with Crippen LogP contribution in [0.4, 0.5) is 5.69 Å². The highest BCUT2D eigenvalue weighted by Crippen LogP contribution is 2.20. The van der Waals surface area contributed by atoms with Crippen molar-refractivity contribution in [3.63, 3.8) is 0 Å². The number of nitrogens with one attached hydrogen (secondary N) is 1. The van der Waals surface area contributed by atoms with Crippen molar-refractivity contribution in [2.45, 2.75) is 58.4 Å². The summed E-state index contributed by atoms with van der Waals surface area (Å²) in [7, 11) is 0. The second-order valence-corrected chi connectivity index (χ2v) is 6.91. The number of nitrogens with zero attached hydrogens (tertiary/aromatic N) is 1. The van der Waals surface area contributed by atoms with Crippen molar-refractivity contribution in [1.82, 2.24) is 4.90 Å². The van der Waals surface area contributed by atoms with E-state index in [1.165, 1.54) is 12.8 Å². The number of anilines is 1. The molecule has 24 heavy (non-hydrogen) atoms. The fourth-order valence-corrected chi connectivity index (χ4v) is 3.39. The van der Waals surface area contributed by atoms with E-state index in [9.17, 15) is 9.90 Å². The van der Waals surface area contributed by atoms with Gasteiger partial charge in [0.1, 0.15) is 0 Å². The van der Waals surface area contributed by atoms with Crippen LogP contribution in [0.3, 0.4) is 0 Å². The van der Waals surface area contributed by atoms with Gasteiger partial charge in [-0.25, -0.2) is 0 Å². The van der Waals surface area contributed by atoms with Crippen LogP contribution in [0.1, 0.15) is 62.7 Å². The van der Waals surface area contributed by atoms with E-state index in [0.717, 1.165) is 43.5 Å². The molecular weight excluding hydrogens is 300 g/mol. The topological polar surface area (TPSA) is 52.6 Å². The Morgan fingerprint density at radius 1 is 1.42 bits per heavy atom. The molecule has 1 fully saturated rings. The number of carbonyl (C=O) groups excluding carboxylic acids is 1. The van der Waals surface area contributed by atoms with Crippen molar-refractivity contribution in [3.8, 4) is 0 Å². The number of piperidine rings is 1. The summed E-state index contributed by atoms with van der Waals surface area (Å²) < 4.78 is 0. The van der Waals surface area contributed by atoms with Gasteiger partial charge in [-0.1, -0.05) is 32.8 Å². The number of hydrogen-bond acceptors (Lipinski definition) is 3. The normalized spacial score (nSPS) is 19.1. The predicted molar refractivity (Wildman–Crippen MR) is 99.4 cm³/mol. The van der Waals surface area contributed by atoms with Crippen LogP contribution in [-0.2, 0) is 0 Å². The Morgan fingerprint density at radius 3 is 2.96 bits per heavy atom. The van der Waals surface area contributed by atoms with E-state index in [4.69, 9.17) is 0 Å². The second kappa shape index (κ2) is 9.67. The average Bonchev–Trinajstić information content (AvgIpc) is 2.64. The summed E-state index contributed by atoms with van der Waals surface area (Å²) in [6.45, 7) is 6.04. The van der Waals surface area contributed by atoms with Crippen molar-refractivity contribution in [2.75, 3.05) is 25.0 Å². The minimum atomic E-state index is 0.0819. The highest BCUT2D eigenvalue weighted by Gasteiger charge is 2.24. The number of hydrogen-bond donors (Lipinski definition) is 2. The quantitative estimate of drug-likeness (QED) is 0.759. The first-order chi connectivity index (χ1) is 11.7. The molecule has 4 nitrogen and oxygen atoms in total. The molecule has 0 bridgehead atoms. The molecule has 1 aliphatic heterocycles. The van der Waals surface area contributed by atoms with Crippen LogP contribution in [0.2, 0.25) is 0 Å². The first-order valence-corrected chi connectivity index (χ1v) is 9.44.